The highest BCUT2D eigenvalue weighted by Gasteiger charge is 2.24. The molecule has 1 rings (SSSR count). The first-order chi connectivity index (χ1) is 8.29. The zero-order chi connectivity index (χ0) is 13.8. The molecule has 0 spiro atoms. The molecule has 0 aliphatic rings. The Kier molecular flexibility index (Phi) is 4.86. The predicted molar refractivity (Wildman–Crippen MR) is 70.4 cm³/mol. The molecule has 0 saturated carbocycles. The van der Waals surface area contributed by atoms with Crippen LogP contribution in [-0.2, 0) is 14.8 Å². The van der Waals surface area contributed by atoms with E-state index < -0.39 is 16.1 Å². The molecule has 0 aliphatic heterocycles. The van der Waals surface area contributed by atoms with E-state index in [1.165, 1.54) is 0 Å². The third kappa shape index (κ3) is 4.85. The normalized spacial score (nSPS) is 13.3. The van der Waals surface area contributed by atoms with Crippen LogP contribution in [0.5, 0.6) is 0 Å². The number of rotatable bonds is 5. The summed E-state index contributed by atoms with van der Waals surface area (Å²) >= 11 is 0. The van der Waals surface area contributed by atoms with Crippen LogP contribution >= 0.6 is 0 Å². The number of hydrogen-bond donors (Lipinski definition) is 2. The molecule has 0 saturated heterocycles. The van der Waals surface area contributed by atoms with Crippen LogP contribution < -0.4 is 10.0 Å². The standard InChI is InChI=1S/C12H18N2O3S/c1-9(2)13-12(15)11(14-18(3,16)17)10-7-5-4-6-8-10/h4-9,11,14H,1-3H3,(H,13,15)/t11-/m0/s1. The van der Waals surface area contributed by atoms with Gasteiger partial charge < -0.3 is 5.32 Å². The van der Waals surface area contributed by atoms with Crippen molar-refractivity contribution in [3.05, 3.63) is 35.9 Å². The van der Waals surface area contributed by atoms with Crippen LogP contribution in [0.3, 0.4) is 0 Å². The summed E-state index contributed by atoms with van der Waals surface area (Å²) < 4.78 is 25.0. The largest absolute Gasteiger partial charge is 0.352 e. The Morgan fingerprint density at radius 1 is 1.17 bits per heavy atom. The van der Waals surface area contributed by atoms with Gasteiger partial charge in [-0.25, -0.2) is 8.42 Å². The lowest BCUT2D eigenvalue weighted by atomic mass is 10.1. The number of benzene rings is 1. The van der Waals surface area contributed by atoms with Crippen molar-refractivity contribution in [2.75, 3.05) is 6.26 Å². The molecule has 18 heavy (non-hydrogen) atoms. The highest BCUT2D eigenvalue weighted by molar-refractivity contribution is 7.88. The van der Waals surface area contributed by atoms with Crippen molar-refractivity contribution in [1.29, 1.82) is 0 Å². The predicted octanol–water partition coefficient (Wildman–Crippen LogP) is 0.802. The van der Waals surface area contributed by atoms with Crippen LogP contribution in [-0.4, -0.2) is 26.6 Å². The molecule has 0 radical (unpaired) electrons. The van der Waals surface area contributed by atoms with E-state index in [0.29, 0.717) is 5.56 Å². The molecule has 1 aromatic carbocycles. The van der Waals surface area contributed by atoms with Gasteiger partial charge in [0, 0.05) is 6.04 Å². The van der Waals surface area contributed by atoms with E-state index in [0.717, 1.165) is 6.26 Å². The molecule has 1 amide bonds. The average Bonchev–Trinajstić information content (AvgIpc) is 2.25. The highest BCUT2D eigenvalue weighted by Crippen LogP contribution is 2.13. The maximum Gasteiger partial charge on any atom is 0.242 e. The topological polar surface area (TPSA) is 75.3 Å². The molecule has 0 fully saturated rings. The van der Waals surface area contributed by atoms with Crippen LogP contribution in [0.25, 0.3) is 0 Å². The molecule has 0 aromatic heterocycles. The van der Waals surface area contributed by atoms with E-state index in [1.807, 2.05) is 13.8 Å². The Balaban J connectivity index is 2.99. The maximum absolute atomic E-state index is 12.0. The van der Waals surface area contributed by atoms with Gasteiger partial charge in [-0.05, 0) is 19.4 Å². The van der Waals surface area contributed by atoms with Crippen molar-refractivity contribution in [3.8, 4) is 0 Å². The van der Waals surface area contributed by atoms with Crippen molar-refractivity contribution in [2.24, 2.45) is 0 Å². The number of sulfonamides is 1. The van der Waals surface area contributed by atoms with Crippen LogP contribution in [0.1, 0.15) is 25.5 Å². The Morgan fingerprint density at radius 2 is 1.72 bits per heavy atom. The molecule has 100 valence electrons. The second kappa shape index (κ2) is 5.97. The second-order valence-electron chi connectivity index (χ2n) is 4.40. The monoisotopic (exact) mass is 270 g/mol. The summed E-state index contributed by atoms with van der Waals surface area (Å²) in [6, 6.07) is 7.80. The van der Waals surface area contributed by atoms with Crippen LogP contribution in [0, 0.1) is 0 Å². The minimum Gasteiger partial charge on any atom is -0.352 e. The minimum atomic E-state index is -3.46. The van der Waals surface area contributed by atoms with Crippen molar-refractivity contribution >= 4 is 15.9 Å². The van der Waals surface area contributed by atoms with Gasteiger partial charge in [-0.1, -0.05) is 30.3 Å². The second-order valence-corrected chi connectivity index (χ2v) is 6.18. The SMILES string of the molecule is CC(C)NC(=O)[C@@H](NS(C)(=O)=O)c1ccccc1. The summed E-state index contributed by atoms with van der Waals surface area (Å²) in [5, 5.41) is 2.70. The van der Waals surface area contributed by atoms with Gasteiger partial charge >= 0.3 is 0 Å². The lowest BCUT2D eigenvalue weighted by Gasteiger charge is -2.19. The molecule has 0 aliphatic carbocycles. The van der Waals surface area contributed by atoms with Crippen molar-refractivity contribution in [1.82, 2.24) is 10.0 Å². The summed E-state index contributed by atoms with van der Waals surface area (Å²) in [4.78, 5) is 12.0. The van der Waals surface area contributed by atoms with Gasteiger partial charge in [-0.3, -0.25) is 4.79 Å². The fourth-order valence-electron chi connectivity index (χ4n) is 1.50. The van der Waals surface area contributed by atoms with Gasteiger partial charge in [0.1, 0.15) is 6.04 Å². The zero-order valence-electron chi connectivity index (χ0n) is 10.7. The molecule has 1 atom stereocenters. The van der Waals surface area contributed by atoms with E-state index in [4.69, 9.17) is 0 Å². The number of carbonyl (C=O) groups excluding carboxylic acids is 1. The Bertz CT molecular complexity index is 497. The van der Waals surface area contributed by atoms with Crippen LogP contribution in [0.4, 0.5) is 0 Å². The Morgan fingerprint density at radius 3 is 2.17 bits per heavy atom. The maximum atomic E-state index is 12.0. The molecular weight excluding hydrogens is 252 g/mol. The molecule has 0 heterocycles. The lowest BCUT2D eigenvalue weighted by molar-refractivity contribution is -0.123. The average molecular weight is 270 g/mol. The van der Waals surface area contributed by atoms with Gasteiger partial charge in [0.15, 0.2) is 0 Å². The number of amides is 1. The highest BCUT2D eigenvalue weighted by atomic mass is 32.2. The third-order valence-electron chi connectivity index (χ3n) is 2.16. The van der Waals surface area contributed by atoms with Gasteiger partial charge in [-0.15, -0.1) is 0 Å². The summed E-state index contributed by atoms with van der Waals surface area (Å²) in [5.41, 5.74) is 0.612. The van der Waals surface area contributed by atoms with Gasteiger partial charge in [0.2, 0.25) is 15.9 Å². The molecular formula is C12H18N2O3S. The fourth-order valence-corrected chi connectivity index (χ4v) is 2.17. The smallest absolute Gasteiger partial charge is 0.242 e. The summed E-state index contributed by atoms with van der Waals surface area (Å²) in [6.45, 7) is 3.64. The zero-order valence-corrected chi connectivity index (χ0v) is 11.5. The first-order valence-corrected chi connectivity index (χ1v) is 7.51. The van der Waals surface area contributed by atoms with E-state index in [9.17, 15) is 13.2 Å². The van der Waals surface area contributed by atoms with Crippen molar-refractivity contribution in [2.45, 2.75) is 25.9 Å². The van der Waals surface area contributed by atoms with E-state index >= 15 is 0 Å². The minimum absolute atomic E-state index is 0.0509. The molecule has 0 bridgehead atoms. The van der Waals surface area contributed by atoms with Gasteiger partial charge in [0.05, 0.1) is 6.26 Å². The molecule has 2 N–H and O–H groups in total. The summed E-state index contributed by atoms with van der Waals surface area (Å²) in [7, 11) is -3.46. The lowest BCUT2D eigenvalue weighted by Crippen LogP contribution is -2.42. The third-order valence-corrected chi connectivity index (χ3v) is 2.82. The first kappa shape index (κ1) is 14.7. The van der Waals surface area contributed by atoms with Crippen LogP contribution in [0.2, 0.25) is 0 Å². The van der Waals surface area contributed by atoms with Gasteiger partial charge in [-0.2, -0.15) is 4.72 Å². The molecule has 0 unspecified atom stereocenters. The van der Waals surface area contributed by atoms with Crippen molar-refractivity contribution < 1.29 is 13.2 Å². The van der Waals surface area contributed by atoms with E-state index in [2.05, 4.69) is 10.0 Å². The molecule has 1 aromatic rings. The Labute approximate surface area is 108 Å². The van der Waals surface area contributed by atoms with E-state index in [-0.39, 0.29) is 11.9 Å². The van der Waals surface area contributed by atoms with Crippen LogP contribution in [0.15, 0.2) is 30.3 Å². The quantitative estimate of drug-likeness (QED) is 0.831. The fraction of sp³-hybridized carbons (Fsp3) is 0.417. The van der Waals surface area contributed by atoms with E-state index in [1.54, 1.807) is 30.3 Å². The number of hydrogen-bond acceptors (Lipinski definition) is 3. The summed E-state index contributed by atoms with van der Waals surface area (Å²) in [5.74, 6) is -0.360. The van der Waals surface area contributed by atoms with Gasteiger partial charge in [0.25, 0.3) is 0 Å². The first-order valence-electron chi connectivity index (χ1n) is 5.62. The molecule has 6 heteroatoms. The Hall–Kier alpha value is -1.40. The number of nitrogens with one attached hydrogen (secondary N) is 2. The number of carbonyl (C=O) groups is 1. The summed E-state index contributed by atoms with van der Waals surface area (Å²) in [6.07, 6.45) is 1.03. The van der Waals surface area contributed by atoms with Crippen molar-refractivity contribution in [3.63, 3.8) is 0 Å². The molecule has 5 nitrogen and oxygen atoms in total.